The standard InChI is InChI=1S/C14H23N3O/c1-4-17(5-2)9-8-16-14(18)11-13-6-7-15-12(3)10-13/h6-7,10H,4-5,8-9,11H2,1-3H3,(H,16,18). The molecule has 1 aromatic rings. The summed E-state index contributed by atoms with van der Waals surface area (Å²) in [6.07, 6.45) is 2.18. The van der Waals surface area contributed by atoms with Crippen molar-refractivity contribution >= 4 is 5.91 Å². The molecule has 0 saturated carbocycles. The average molecular weight is 249 g/mol. The van der Waals surface area contributed by atoms with Gasteiger partial charge >= 0.3 is 0 Å². The molecule has 18 heavy (non-hydrogen) atoms. The molecule has 0 aliphatic heterocycles. The van der Waals surface area contributed by atoms with Gasteiger partial charge in [0, 0.05) is 25.0 Å². The van der Waals surface area contributed by atoms with E-state index >= 15 is 0 Å². The third kappa shape index (κ3) is 5.27. The largest absolute Gasteiger partial charge is 0.355 e. The van der Waals surface area contributed by atoms with E-state index in [0.29, 0.717) is 13.0 Å². The van der Waals surface area contributed by atoms with Gasteiger partial charge in [-0.2, -0.15) is 0 Å². The van der Waals surface area contributed by atoms with Crippen LogP contribution in [0.5, 0.6) is 0 Å². The van der Waals surface area contributed by atoms with Gasteiger partial charge in [0.1, 0.15) is 0 Å². The number of pyridine rings is 1. The fourth-order valence-electron chi connectivity index (χ4n) is 1.86. The van der Waals surface area contributed by atoms with Gasteiger partial charge < -0.3 is 10.2 Å². The van der Waals surface area contributed by atoms with Gasteiger partial charge in [-0.15, -0.1) is 0 Å². The van der Waals surface area contributed by atoms with Crippen molar-refractivity contribution in [2.45, 2.75) is 27.2 Å². The maximum atomic E-state index is 11.7. The van der Waals surface area contributed by atoms with E-state index in [1.54, 1.807) is 6.20 Å². The molecule has 0 aliphatic carbocycles. The van der Waals surface area contributed by atoms with Gasteiger partial charge in [0.15, 0.2) is 0 Å². The summed E-state index contributed by atoms with van der Waals surface area (Å²) in [5.41, 5.74) is 1.96. The minimum Gasteiger partial charge on any atom is -0.355 e. The topological polar surface area (TPSA) is 45.2 Å². The lowest BCUT2D eigenvalue weighted by molar-refractivity contribution is -0.120. The monoisotopic (exact) mass is 249 g/mol. The molecule has 0 radical (unpaired) electrons. The fraction of sp³-hybridized carbons (Fsp3) is 0.571. The summed E-state index contributed by atoms with van der Waals surface area (Å²) in [4.78, 5) is 18.1. The summed E-state index contributed by atoms with van der Waals surface area (Å²) in [5.74, 6) is 0.0766. The molecule has 1 heterocycles. The molecule has 4 heteroatoms. The fourth-order valence-corrected chi connectivity index (χ4v) is 1.86. The van der Waals surface area contributed by atoms with Crippen LogP contribution in [-0.2, 0) is 11.2 Å². The van der Waals surface area contributed by atoms with Gasteiger partial charge in [-0.05, 0) is 37.7 Å². The number of likely N-dealkylation sites (N-methyl/N-ethyl adjacent to an activating group) is 1. The van der Waals surface area contributed by atoms with Crippen molar-refractivity contribution in [2.75, 3.05) is 26.2 Å². The molecule has 0 saturated heterocycles. The van der Waals surface area contributed by atoms with E-state index in [1.807, 2.05) is 19.1 Å². The molecule has 1 aromatic heterocycles. The summed E-state index contributed by atoms with van der Waals surface area (Å²) in [5, 5.41) is 2.95. The highest BCUT2D eigenvalue weighted by Crippen LogP contribution is 2.01. The highest BCUT2D eigenvalue weighted by molar-refractivity contribution is 5.78. The van der Waals surface area contributed by atoms with Crippen LogP contribution in [0, 0.1) is 6.92 Å². The second-order valence-corrected chi connectivity index (χ2v) is 4.36. The quantitative estimate of drug-likeness (QED) is 0.794. The summed E-state index contributed by atoms with van der Waals surface area (Å²) >= 11 is 0. The predicted octanol–water partition coefficient (Wildman–Crippen LogP) is 1.39. The second kappa shape index (κ2) is 7.82. The zero-order chi connectivity index (χ0) is 13.4. The Morgan fingerprint density at radius 2 is 2.11 bits per heavy atom. The predicted molar refractivity (Wildman–Crippen MR) is 73.5 cm³/mol. The van der Waals surface area contributed by atoms with Crippen LogP contribution in [0.15, 0.2) is 18.3 Å². The van der Waals surface area contributed by atoms with E-state index in [0.717, 1.165) is 30.9 Å². The zero-order valence-electron chi connectivity index (χ0n) is 11.6. The first-order chi connectivity index (χ1) is 8.65. The molecule has 0 bridgehead atoms. The molecule has 0 aromatic carbocycles. The molecule has 4 nitrogen and oxygen atoms in total. The number of nitrogens with zero attached hydrogens (tertiary/aromatic N) is 2. The highest BCUT2D eigenvalue weighted by atomic mass is 16.1. The van der Waals surface area contributed by atoms with Crippen LogP contribution in [0.2, 0.25) is 0 Å². The molecular formula is C14H23N3O. The Labute approximate surface area is 109 Å². The van der Waals surface area contributed by atoms with Crippen LogP contribution in [0.25, 0.3) is 0 Å². The molecule has 1 N–H and O–H groups in total. The SMILES string of the molecule is CCN(CC)CCNC(=O)Cc1ccnc(C)c1. The highest BCUT2D eigenvalue weighted by Gasteiger charge is 2.04. The molecule has 0 fully saturated rings. The number of hydrogen-bond acceptors (Lipinski definition) is 3. The third-order valence-corrected chi connectivity index (χ3v) is 2.97. The Kier molecular flexibility index (Phi) is 6.36. The van der Waals surface area contributed by atoms with Gasteiger partial charge in [0.05, 0.1) is 6.42 Å². The number of hydrogen-bond donors (Lipinski definition) is 1. The molecule has 0 aliphatic rings. The Morgan fingerprint density at radius 1 is 1.39 bits per heavy atom. The first kappa shape index (κ1) is 14.6. The van der Waals surface area contributed by atoms with Crippen molar-refractivity contribution in [3.8, 4) is 0 Å². The molecule has 100 valence electrons. The average Bonchev–Trinajstić information content (AvgIpc) is 2.34. The van der Waals surface area contributed by atoms with E-state index < -0.39 is 0 Å². The summed E-state index contributed by atoms with van der Waals surface area (Å²) in [6, 6.07) is 3.83. The van der Waals surface area contributed by atoms with Gasteiger partial charge in [0.25, 0.3) is 0 Å². The normalized spacial score (nSPS) is 10.7. The van der Waals surface area contributed by atoms with Crippen LogP contribution >= 0.6 is 0 Å². The minimum absolute atomic E-state index is 0.0766. The molecule has 1 amide bonds. The second-order valence-electron chi connectivity index (χ2n) is 4.36. The van der Waals surface area contributed by atoms with Crippen molar-refractivity contribution in [2.24, 2.45) is 0 Å². The number of carbonyl (C=O) groups excluding carboxylic acids is 1. The van der Waals surface area contributed by atoms with Crippen LogP contribution < -0.4 is 5.32 Å². The first-order valence-electron chi connectivity index (χ1n) is 6.56. The minimum atomic E-state index is 0.0766. The third-order valence-electron chi connectivity index (χ3n) is 2.97. The van der Waals surface area contributed by atoms with Crippen LogP contribution in [-0.4, -0.2) is 42.0 Å². The first-order valence-corrected chi connectivity index (χ1v) is 6.56. The summed E-state index contributed by atoms with van der Waals surface area (Å²) < 4.78 is 0. The van der Waals surface area contributed by atoms with Crippen molar-refractivity contribution in [3.05, 3.63) is 29.6 Å². The Hall–Kier alpha value is -1.42. The van der Waals surface area contributed by atoms with E-state index in [9.17, 15) is 4.79 Å². The summed E-state index contributed by atoms with van der Waals surface area (Å²) in [6.45, 7) is 9.86. The lowest BCUT2D eigenvalue weighted by Gasteiger charge is -2.17. The number of amides is 1. The van der Waals surface area contributed by atoms with E-state index in [-0.39, 0.29) is 5.91 Å². The smallest absolute Gasteiger partial charge is 0.224 e. The van der Waals surface area contributed by atoms with Crippen molar-refractivity contribution in [1.82, 2.24) is 15.2 Å². The molecular weight excluding hydrogens is 226 g/mol. The van der Waals surface area contributed by atoms with E-state index in [1.165, 1.54) is 0 Å². The van der Waals surface area contributed by atoms with Crippen molar-refractivity contribution < 1.29 is 4.79 Å². The number of carbonyl (C=O) groups is 1. The lowest BCUT2D eigenvalue weighted by Crippen LogP contribution is -2.35. The summed E-state index contributed by atoms with van der Waals surface area (Å²) in [7, 11) is 0. The van der Waals surface area contributed by atoms with Crippen LogP contribution in [0.1, 0.15) is 25.1 Å². The van der Waals surface area contributed by atoms with E-state index in [4.69, 9.17) is 0 Å². The Morgan fingerprint density at radius 3 is 2.72 bits per heavy atom. The molecule has 0 unspecified atom stereocenters. The number of nitrogens with one attached hydrogen (secondary N) is 1. The lowest BCUT2D eigenvalue weighted by atomic mass is 10.1. The van der Waals surface area contributed by atoms with Gasteiger partial charge in [-0.1, -0.05) is 13.8 Å². The van der Waals surface area contributed by atoms with Gasteiger partial charge in [-0.3, -0.25) is 9.78 Å². The van der Waals surface area contributed by atoms with E-state index in [2.05, 4.69) is 29.0 Å². The van der Waals surface area contributed by atoms with Crippen molar-refractivity contribution in [3.63, 3.8) is 0 Å². The van der Waals surface area contributed by atoms with Crippen molar-refractivity contribution in [1.29, 1.82) is 0 Å². The maximum absolute atomic E-state index is 11.7. The Balaban J connectivity index is 2.29. The number of aromatic nitrogens is 1. The Bertz CT molecular complexity index is 375. The number of rotatable bonds is 7. The molecule has 0 atom stereocenters. The van der Waals surface area contributed by atoms with Gasteiger partial charge in [0.2, 0.25) is 5.91 Å². The number of aryl methyl sites for hydroxylation is 1. The van der Waals surface area contributed by atoms with Crippen LogP contribution in [0.3, 0.4) is 0 Å². The molecule has 1 rings (SSSR count). The zero-order valence-corrected chi connectivity index (χ0v) is 11.6. The molecule has 0 spiro atoms. The van der Waals surface area contributed by atoms with Crippen LogP contribution in [0.4, 0.5) is 0 Å². The maximum Gasteiger partial charge on any atom is 0.224 e. The van der Waals surface area contributed by atoms with Gasteiger partial charge in [-0.25, -0.2) is 0 Å².